The van der Waals surface area contributed by atoms with Gasteiger partial charge in [-0.15, -0.1) is 0 Å². The highest BCUT2D eigenvalue weighted by Crippen LogP contribution is 2.38. The summed E-state index contributed by atoms with van der Waals surface area (Å²) >= 11 is 1.70. The molecule has 0 atom stereocenters. The van der Waals surface area contributed by atoms with Crippen molar-refractivity contribution in [3.05, 3.63) is 107 Å². The number of hydrogen-bond donors (Lipinski definition) is 0. The minimum atomic E-state index is 0.00169. The molecule has 0 aromatic heterocycles. The third kappa shape index (κ3) is 4.14. The molecule has 0 aliphatic carbocycles. The summed E-state index contributed by atoms with van der Waals surface area (Å²) in [5, 5.41) is 0. The van der Waals surface area contributed by atoms with Crippen LogP contribution in [-0.4, -0.2) is 29.7 Å². The molecule has 154 valence electrons. The average Bonchev–Trinajstić information content (AvgIpc) is 3.11. The maximum Gasteiger partial charge on any atom is 0.275 e. The summed E-state index contributed by atoms with van der Waals surface area (Å²) < 4.78 is 0. The van der Waals surface area contributed by atoms with Crippen LogP contribution in [-0.2, 0) is 11.2 Å². The van der Waals surface area contributed by atoms with Crippen LogP contribution in [0.15, 0.2) is 106 Å². The predicted molar refractivity (Wildman–Crippen MR) is 127 cm³/mol. The van der Waals surface area contributed by atoms with Crippen molar-refractivity contribution < 1.29 is 4.79 Å². The lowest BCUT2D eigenvalue weighted by molar-refractivity contribution is -0.121. The van der Waals surface area contributed by atoms with E-state index in [1.165, 1.54) is 5.56 Å². The molecule has 2 aliphatic rings. The van der Waals surface area contributed by atoms with E-state index in [1.54, 1.807) is 11.8 Å². The first-order chi connectivity index (χ1) is 15.2. The maximum absolute atomic E-state index is 13.3. The molecule has 5 rings (SSSR count). The topological polar surface area (TPSA) is 35.9 Å². The Balaban J connectivity index is 1.50. The van der Waals surface area contributed by atoms with Crippen LogP contribution in [0.2, 0.25) is 0 Å². The van der Waals surface area contributed by atoms with Gasteiger partial charge in [-0.05, 0) is 36.8 Å². The van der Waals surface area contributed by atoms with Crippen LogP contribution in [0.5, 0.6) is 0 Å². The van der Waals surface area contributed by atoms with Gasteiger partial charge in [-0.1, -0.05) is 78.0 Å². The lowest BCUT2D eigenvalue weighted by atomic mass is 10.1. The van der Waals surface area contributed by atoms with Crippen LogP contribution in [0.3, 0.4) is 0 Å². The molecule has 0 unspecified atom stereocenters. The van der Waals surface area contributed by atoms with Gasteiger partial charge in [0.25, 0.3) is 5.91 Å². The number of carbonyl (C=O) groups excluding carboxylic acids is 1. The number of rotatable bonds is 5. The van der Waals surface area contributed by atoms with Gasteiger partial charge < -0.3 is 4.90 Å². The molecule has 2 aliphatic heterocycles. The van der Waals surface area contributed by atoms with Gasteiger partial charge in [-0.3, -0.25) is 9.69 Å². The normalized spacial score (nSPS) is 15.9. The van der Waals surface area contributed by atoms with Crippen molar-refractivity contribution in [3.8, 4) is 0 Å². The summed E-state index contributed by atoms with van der Waals surface area (Å²) in [7, 11) is 0. The Morgan fingerprint density at radius 2 is 1.68 bits per heavy atom. The van der Waals surface area contributed by atoms with E-state index >= 15 is 0 Å². The Hall–Kier alpha value is -3.31. The number of amides is 1. The molecule has 0 fully saturated rings. The second kappa shape index (κ2) is 8.44. The van der Waals surface area contributed by atoms with Gasteiger partial charge in [0, 0.05) is 17.0 Å². The van der Waals surface area contributed by atoms with Crippen LogP contribution >= 0.6 is 11.8 Å². The summed E-state index contributed by atoms with van der Waals surface area (Å²) in [6, 6.07) is 28.8. The van der Waals surface area contributed by atoms with Crippen molar-refractivity contribution in [2.75, 3.05) is 18.1 Å². The zero-order valence-electron chi connectivity index (χ0n) is 17.4. The predicted octanol–water partition coefficient (Wildman–Crippen LogP) is 5.26. The number of hydrogen-bond acceptors (Lipinski definition) is 4. The summed E-state index contributed by atoms with van der Waals surface area (Å²) in [6.07, 6.45) is 0.549. The Labute approximate surface area is 186 Å². The van der Waals surface area contributed by atoms with Crippen LogP contribution in [0.1, 0.15) is 11.1 Å². The summed E-state index contributed by atoms with van der Waals surface area (Å²) in [5.41, 5.74) is 4.04. The van der Waals surface area contributed by atoms with Gasteiger partial charge >= 0.3 is 0 Å². The van der Waals surface area contributed by atoms with E-state index in [1.807, 2.05) is 53.4 Å². The van der Waals surface area contributed by atoms with Crippen molar-refractivity contribution >= 4 is 29.1 Å². The van der Waals surface area contributed by atoms with Gasteiger partial charge in [-0.25, -0.2) is 4.99 Å². The monoisotopic (exact) mass is 425 g/mol. The Kier molecular flexibility index (Phi) is 5.35. The number of nitrogens with zero attached hydrogens (tertiary/aromatic N) is 3. The van der Waals surface area contributed by atoms with Gasteiger partial charge in [0.15, 0.2) is 0 Å². The molecule has 0 spiro atoms. The molecular formula is C26H23N3OS. The van der Waals surface area contributed by atoms with E-state index in [2.05, 4.69) is 48.2 Å². The SMILES string of the molecule is Cc1cccc(SC2=C3N=C(Cc4ccccc4)C(=O)N3CN(c3ccccc3)C2)c1. The number of para-hydroxylation sites is 1. The number of anilines is 1. The summed E-state index contributed by atoms with van der Waals surface area (Å²) in [6.45, 7) is 3.34. The largest absolute Gasteiger partial charge is 0.348 e. The van der Waals surface area contributed by atoms with Gasteiger partial charge in [0.1, 0.15) is 18.2 Å². The van der Waals surface area contributed by atoms with E-state index in [9.17, 15) is 4.79 Å². The first-order valence-electron chi connectivity index (χ1n) is 10.4. The van der Waals surface area contributed by atoms with Crippen molar-refractivity contribution in [1.82, 2.24) is 4.90 Å². The minimum absolute atomic E-state index is 0.00169. The molecule has 0 radical (unpaired) electrons. The van der Waals surface area contributed by atoms with Crippen LogP contribution in [0.25, 0.3) is 0 Å². The van der Waals surface area contributed by atoms with Crippen molar-refractivity contribution in [3.63, 3.8) is 0 Å². The lowest BCUT2D eigenvalue weighted by Crippen LogP contribution is -2.45. The molecule has 3 aromatic carbocycles. The summed E-state index contributed by atoms with van der Waals surface area (Å²) in [4.78, 5) is 24.5. The second-order valence-corrected chi connectivity index (χ2v) is 8.96. The smallest absolute Gasteiger partial charge is 0.275 e. The van der Waals surface area contributed by atoms with E-state index in [4.69, 9.17) is 4.99 Å². The first kappa shape index (κ1) is 19.6. The minimum Gasteiger partial charge on any atom is -0.348 e. The highest BCUT2D eigenvalue weighted by Gasteiger charge is 2.37. The van der Waals surface area contributed by atoms with Gasteiger partial charge in [-0.2, -0.15) is 0 Å². The standard InChI is InChI=1S/C26H23N3OS/c1-19-9-8-14-22(15-19)31-24-17-28(21-12-6-3-7-13-21)18-29-25(24)27-23(26(29)30)16-20-10-4-2-5-11-20/h2-15H,16-18H2,1H3. The first-order valence-corrected chi connectivity index (χ1v) is 11.2. The van der Waals surface area contributed by atoms with Crippen molar-refractivity contribution in [2.45, 2.75) is 18.2 Å². The van der Waals surface area contributed by atoms with E-state index < -0.39 is 0 Å². The van der Waals surface area contributed by atoms with E-state index in [0.717, 1.165) is 33.4 Å². The average molecular weight is 426 g/mol. The molecule has 0 saturated heterocycles. The van der Waals surface area contributed by atoms with Crippen LogP contribution in [0, 0.1) is 6.92 Å². The number of fused-ring (bicyclic) bond motifs is 1. The fourth-order valence-corrected chi connectivity index (χ4v) is 5.06. The molecule has 5 heteroatoms. The fourth-order valence-electron chi connectivity index (χ4n) is 3.91. The quantitative estimate of drug-likeness (QED) is 0.559. The number of thioether (sulfide) groups is 1. The fraction of sp³-hybridized carbons (Fsp3) is 0.154. The van der Waals surface area contributed by atoms with Crippen molar-refractivity contribution in [1.29, 1.82) is 0 Å². The van der Waals surface area contributed by atoms with Gasteiger partial charge in [0.2, 0.25) is 0 Å². The molecule has 0 bridgehead atoms. The molecule has 1 amide bonds. The van der Waals surface area contributed by atoms with Crippen molar-refractivity contribution in [2.24, 2.45) is 4.99 Å². The Morgan fingerprint density at radius 3 is 2.42 bits per heavy atom. The lowest BCUT2D eigenvalue weighted by Gasteiger charge is -2.35. The molecule has 0 N–H and O–H groups in total. The number of benzene rings is 3. The molecule has 4 nitrogen and oxygen atoms in total. The van der Waals surface area contributed by atoms with E-state index in [0.29, 0.717) is 18.8 Å². The zero-order chi connectivity index (χ0) is 21.2. The second-order valence-electron chi connectivity index (χ2n) is 7.79. The third-order valence-corrected chi connectivity index (χ3v) is 6.50. The Morgan fingerprint density at radius 1 is 0.935 bits per heavy atom. The third-order valence-electron chi connectivity index (χ3n) is 5.45. The number of aryl methyl sites for hydroxylation is 1. The molecule has 2 heterocycles. The molecule has 0 saturated carbocycles. The summed E-state index contributed by atoms with van der Waals surface area (Å²) in [5.74, 6) is 0.802. The highest BCUT2D eigenvalue weighted by atomic mass is 32.2. The van der Waals surface area contributed by atoms with Crippen LogP contribution in [0.4, 0.5) is 5.69 Å². The zero-order valence-corrected chi connectivity index (χ0v) is 18.2. The van der Waals surface area contributed by atoms with E-state index in [-0.39, 0.29) is 5.91 Å². The van der Waals surface area contributed by atoms with Crippen LogP contribution < -0.4 is 4.90 Å². The number of carbonyl (C=O) groups is 1. The molecule has 31 heavy (non-hydrogen) atoms. The Bertz CT molecular complexity index is 1170. The molecule has 3 aromatic rings. The number of aliphatic imine (C=N–C) groups is 1. The highest BCUT2D eigenvalue weighted by molar-refractivity contribution is 8.03. The maximum atomic E-state index is 13.3. The van der Waals surface area contributed by atoms with Gasteiger partial charge in [0.05, 0.1) is 11.4 Å². The molecular weight excluding hydrogens is 402 g/mol.